The Morgan fingerprint density at radius 3 is 2.64 bits per heavy atom. The lowest BCUT2D eigenvalue weighted by atomic mass is 10.0. The lowest BCUT2D eigenvalue weighted by Crippen LogP contribution is -2.22. The molecule has 0 spiro atoms. The summed E-state index contributed by atoms with van der Waals surface area (Å²) in [6, 6.07) is 3.23. The summed E-state index contributed by atoms with van der Waals surface area (Å²) >= 11 is 0. The van der Waals surface area contributed by atoms with Gasteiger partial charge in [0.15, 0.2) is 0 Å². The van der Waals surface area contributed by atoms with Crippen LogP contribution in [0.1, 0.15) is 17.2 Å². The third-order valence-corrected chi connectivity index (χ3v) is 1.82. The molecule has 0 aliphatic heterocycles. The van der Waals surface area contributed by atoms with E-state index in [1.807, 2.05) is 0 Å². The zero-order valence-corrected chi connectivity index (χ0v) is 8.34. The second kappa shape index (κ2) is 4.93. The summed E-state index contributed by atoms with van der Waals surface area (Å²) in [6.07, 6.45) is 0. The Balaban J connectivity index is 0.00000169. The van der Waals surface area contributed by atoms with Crippen molar-refractivity contribution in [1.29, 1.82) is 0 Å². The summed E-state index contributed by atoms with van der Waals surface area (Å²) in [5.74, 6) is -1.78. The number of aliphatic carboxylic acids is 1. The largest absolute Gasteiger partial charge is 0.480 e. The number of hydrogen-bond donors (Lipinski definition) is 2. The van der Waals surface area contributed by atoms with E-state index >= 15 is 0 Å². The lowest BCUT2D eigenvalue weighted by molar-refractivity contribution is -0.138. The number of benzene rings is 1. The number of nitrogens with two attached hydrogens (primary N) is 1. The second-order valence-corrected chi connectivity index (χ2v) is 2.79. The quantitative estimate of drug-likeness (QED) is 0.795. The molecular weight excluding hydrogens is 209 g/mol. The Morgan fingerprint density at radius 1 is 1.57 bits per heavy atom. The van der Waals surface area contributed by atoms with Gasteiger partial charge < -0.3 is 10.8 Å². The van der Waals surface area contributed by atoms with Crippen LogP contribution in [0.15, 0.2) is 18.2 Å². The fourth-order valence-corrected chi connectivity index (χ4v) is 1.04. The van der Waals surface area contributed by atoms with Gasteiger partial charge in [0, 0.05) is 5.56 Å². The van der Waals surface area contributed by atoms with Crippen molar-refractivity contribution in [2.75, 3.05) is 0 Å². The molecule has 0 aromatic heterocycles. The van der Waals surface area contributed by atoms with Gasteiger partial charge in [0.1, 0.15) is 11.9 Å². The van der Waals surface area contributed by atoms with Crippen LogP contribution in [-0.4, -0.2) is 11.1 Å². The first-order chi connectivity index (χ1) is 6.04. The fraction of sp³-hybridized carbons (Fsp3) is 0.222. The van der Waals surface area contributed by atoms with Crippen molar-refractivity contribution in [2.24, 2.45) is 5.73 Å². The maximum atomic E-state index is 13.3. The van der Waals surface area contributed by atoms with Crippen molar-refractivity contribution in [3.8, 4) is 0 Å². The first kappa shape index (κ1) is 12.9. The fourth-order valence-electron chi connectivity index (χ4n) is 1.04. The maximum Gasteiger partial charge on any atom is 0.325 e. The maximum absolute atomic E-state index is 13.3. The molecule has 0 heterocycles. The molecular formula is C9H11ClFNO2. The molecule has 1 unspecified atom stereocenters. The molecule has 1 aromatic rings. The average Bonchev–Trinajstić information content (AvgIpc) is 2.08. The normalized spacial score (nSPS) is 11.6. The summed E-state index contributed by atoms with van der Waals surface area (Å²) in [4.78, 5) is 10.5. The molecule has 14 heavy (non-hydrogen) atoms. The van der Waals surface area contributed by atoms with E-state index in [1.54, 1.807) is 19.1 Å². The summed E-state index contributed by atoms with van der Waals surface area (Å²) in [7, 11) is 0. The highest BCUT2D eigenvalue weighted by atomic mass is 35.5. The zero-order valence-electron chi connectivity index (χ0n) is 7.53. The van der Waals surface area contributed by atoms with E-state index in [4.69, 9.17) is 10.8 Å². The molecule has 3 N–H and O–H groups in total. The van der Waals surface area contributed by atoms with Gasteiger partial charge in [-0.25, -0.2) is 4.39 Å². The molecule has 0 saturated heterocycles. The zero-order chi connectivity index (χ0) is 10.0. The minimum absolute atomic E-state index is 0. The molecule has 1 aromatic carbocycles. The summed E-state index contributed by atoms with van der Waals surface area (Å²) in [5, 5.41) is 8.56. The van der Waals surface area contributed by atoms with Crippen molar-refractivity contribution >= 4 is 18.4 Å². The van der Waals surface area contributed by atoms with Gasteiger partial charge in [-0.3, -0.25) is 4.79 Å². The van der Waals surface area contributed by atoms with Crippen molar-refractivity contribution in [3.05, 3.63) is 35.1 Å². The molecule has 78 valence electrons. The van der Waals surface area contributed by atoms with E-state index < -0.39 is 17.8 Å². The number of carbonyl (C=O) groups is 1. The number of aryl methyl sites for hydroxylation is 1. The van der Waals surface area contributed by atoms with E-state index in [-0.39, 0.29) is 18.0 Å². The first-order valence-corrected chi connectivity index (χ1v) is 3.77. The molecule has 1 atom stereocenters. The molecule has 0 fully saturated rings. The van der Waals surface area contributed by atoms with E-state index in [9.17, 15) is 9.18 Å². The van der Waals surface area contributed by atoms with Gasteiger partial charge in [-0.1, -0.05) is 18.2 Å². The number of halogens is 2. The van der Waals surface area contributed by atoms with Crippen LogP contribution in [0.2, 0.25) is 0 Å². The van der Waals surface area contributed by atoms with Gasteiger partial charge in [-0.05, 0) is 12.5 Å². The molecule has 0 saturated carbocycles. The van der Waals surface area contributed by atoms with E-state index in [0.29, 0.717) is 5.56 Å². The highest BCUT2D eigenvalue weighted by molar-refractivity contribution is 5.85. The van der Waals surface area contributed by atoms with Crippen LogP contribution < -0.4 is 5.73 Å². The third-order valence-electron chi connectivity index (χ3n) is 1.82. The Morgan fingerprint density at radius 2 is 2.14 bits per heavy atom. The molecule has 0 amide bonds. The van der Waals surface area contributed by atoms with Crippen molar-refractivity contribution in [3.63, 3.8) is 0 Å². The van der Waals surface area contributed by atoms with Crippen LogP contribution >= 0.6 is 12.4 Å². The van der Waals surface area contributed by atoms with Gasteiger partial charge in [0.25, 0.3) is 0 Å². The van der Waals surface area contributed by atoms with E-state index in [2.05, 4.69) is 0 Å². The Kier molecular flexibility index (Phi) is 4.53. The Labute approximate surface area is 87.1 Å². The number of rotatable bonds is 2. The van der Waals surface area contributed by atoms with Crippen LogP contribution in [0.5, 0.6) is 0 Å². The number of carboxylic acids is 1. The minimum Gasteiger partial charge on any atom is -0.480 e. The highest BCUT2D eigenvalue weighted by Gasteiger charge is 2.18. The summed E-state index contributed by atoms with van der Waals surface area (Å²) < 4.78 is 13.3. The second-order valence-electron chi connectivity index (χ2n) is 2.79. The van der Waals surface area contributed by atoms with Crippen LogP contribution in [0, 0.1) is 12.7 Å². The van der Waals surface area contributed by atoms with Gasteiger partial charge in [0.05, 0.1) is 0 Å². The minimum atomic E-state index is -1.29. The summed E-state index contributed by atoms with van der Waals surface area (Å²) in [6.45, 7) is 1.56. The van der Waals surface area contributed by atoms with E-state index in [1.165, 1.54) is 6.07 Å². The SMILES string of the molecule is Cc1cccc(C(N)C(=O)O)c1F.Cl. The van der Waals surface area contributed by atoms with Crippen LogP contribution in [0.3, 0.4) is 0 Å². The van der Waals surface area contributed by atoms with Gasteiger partial charge in [-0.2, -0.15) is 0 Å². The van der Waals surface area contributed by atoms with Gasteiger partial charge in [-0.15, -0.1) is 12.4 Å². The van der Waals surface area contributed by atoms with Gasteiger partial charge in [0.2, 0.25) is 0 Å². The molecule has 1 rings (SSSR count). The third kappa shape index (κ3) is 2.43. The standard InChI is InChI=1S/C9H10FNO2.ClH/c1-5-3-2-4-6(7(5)10)8(11)9(12)13;/h2-4,8H,11H2,1H3,(H,12,13);1H. The van der Waals surface area contributed by atoms with Crippen LogP contribution in [-0.2, 0) is 4.79 Å². The summed E-state index contributed by atoms with van der Waals surface area (Å²) in [5.41, 5.74) is 5.69. The smallest absolute Gasteiger partial charge is 0.325 e. The Hall–Kier alpha value is -1.13. The monoisotopic (exact) mass is 219 g/mol. The highest BCUT2D eigenvalue weighted by Crippen LogP contribution is 2.17. The van der Waals surface area contributed by atoms with E-state index in [0.717, 1.165) is 0 Å². The number of hydrogen-bond acceptors (Lipinski definition) is 2. The molecule has 3 nitrogen and oxygen atoms in total. The lowest BCUT2D eigenvalue weighted by Gasteiger charge is -2.08. The van der Waals surface area contributed by atoms with Crippen molar-refractivity contribution < 1.29 is 14.3 Å². The number of carboxylic acid groups (broad SMARTS) is 1. The first-order valence-electron chi connectivity index (χ1n) is 3.77. The predicted octanol–water partition coefficient (Wildman–Crippen LogP) is 1.64. The molecule has 0 aliphatic carbocycles. The predicted molar refractivity (Wildman–Crippen MR) is 52.9 cm³/mol. The van der Waals surface area contributed by atoms with Gasteiger partial charge >= 0.3 is 5.97 Å². The topological polar surface area (TPSA) is 63.3 Å². The molecule has 0 radical (unpaired) electrons. The van der Waals surface area contributed by atoms with Crippen molar-refractivity contribution in [1.82, 2.24) is 0 Å². The van der Waals surface area contributed by atoms with Crippen molar-refractivity contribution in [2.45, 2.75) is 13.0 Å². The molecule has 0 aliphatic rings. The van der Waals surface area contributed by atoms with Crippen LogP contribution in [0.25, 0.3) is 0 Å². The average molecular weight is 220 g/mol. The molecule has 0 bridgehead atoms. The molecule has 5 heteroatoms. The van der Waals surface area contributed by atoms with Crippen LogP contribution in [0.4, 0.5) is 4.39 Å². The Bertz CT molecular complexity index is 344.